The predicted molar refractivity (Wildman–Crippen MR) is 96.3 cm³/mol. The van der Waals surface area contributed by atoms with E-state index in [0.717, 1.165) is 37.2 Å². The average molecular weight is 351 g/mol. The molecule has 4 heterocycles. The molecule has 0 aliphatic carbocycles. The van der Waals surface area contributed by atoms with Crippen LogP contribution in [0.2, 0.25) is 0 Å². The quantitative estimate of drug-likeness (QED) is 0.731. The molecule has 0 bridgehead atoms. The van der Waals surface area contributed by atoms with E-state index in [1.54, 1.807) is 18.2 Å². The molecule has 1 atom stereocenters. The average Bonchev–Trinajstić information content (AvgIpc) is 3.06. The molecule has 1 aromatic heterocycles. The number of pyridine rings is 1. The number of nitrogens with one attached hydrogen (secondary N) is 1. The number of aromatic hydroxyl groups is 1. The zero-order valence-electron chi connectivity index (χ0n) is 14.4. The van der Waals surface area contributed by atoms with Crippen LogP contribution in [0.5, 0.6) is 17.4 Å². The summed E-state index contributed by atoms with van der Waals surface area (Å²) in [6, 6.07) is 7.37. The van der Waals surface area contributed by atoms with Crippen molar-refractivity contribution in [1.29, 1.82) is 0 Å². The van der Waals surface area contributed by atoms with Crippen molar-refractivity contribution >= 4 is 0 Å². The minimum Gasteiger partial charge on any atom is -0.508 e. The Kier molecular flexibility index (Phi) is 3.37. The summed E-state index contributed by atoms with van der Waals surface area (Å²) in [5.41, 5.74) is 8.70. The first-order valence-electron chi connectivity index (χ1n) is 8.97. The first-order valence-corrected chi connectivity index (χ1v) is 8.97. The number of benzene rings is 1. The number of nitrogens with two attached hydrogens (primary N) is 1. The second-order valence-corrected chi connectivity index (χ2v) is 7.22. The second kappa shape index (κ2) is 5.64. The van der Waals surface area contributed by atoms with Gasteiger partial charge in [-0.3, -0.25) is 0 Å². The van der Waals surface area contributed by atoms with E-state index in [1.165, 1.54) is 5.56 Å². The predicted octanol–water partition coefficient (Wildman–Crippen LogP) is 2.48. The minimum atomic E-state index is -0.486. The molecule has 1 spiro atoms. The fourth-order valence-electron chi connectivity index (χ4n) is 4.28. The number of phenols is 1. The Bertz CT molecular complexity index is 905. The van der Waals surface area contributed by atoms with E-state index in [4.69, 9.17) is 15.2 Å². The van der Waals surface area contributed by atoms with Crippen LogP contribution in [-0.4, -0.2) is 29.8 Å². The summed E-state index contributed by atoms with van der Waals surface area (Å²) < 4.78 is 11.5. The van der Waals surface area contributed by atoms with Gasteiger partial charge >= 0.3 is 0 Å². The summed E-state index contributed by atoms with van der Waals surface area (Å²) in [6.07, 6.45) is 5.94. The van der Waals surface area contributed by atoms with Gasteiger partial charge < -0.3 is 25.6 Å². The van der Waals surface area contributed by atoms with Crippen LogP contribution < -0.4 is 15.8 Å². The Morgan fingerprint density at radius 2 is 2.04 bits per heavy atom. The molecule has 6 heteroatoms. The molecule has 2 aromatic rings. The van der Waals surface area contributed by atoms with Gasteiger partial charge in [0.05, 0.1) is 11.2 Å². The summed E-state index contributed by atoms with van der Waals surface area (Å²) in [6.45, 7) is 2.19. The van der Waals surface area contributed by atoms with Crippen LogP contribution in [-0.2, 0) is 10.2 Å². The van der Waals surface area contributed by atoms with E-state index in [0.29, 0.717) is 29.9 Å². The number of phenolic OH excluding ortho intramolecular Hbond substituents is 1. The molecule has 134 valence electrons. The standard InChI is InChI=1S/C20H21N3O3/c21-18-9-20(11-23-18)15-8-14(24)1-2-17(15)26-19-16(20)7-13(10-22-19)12-3-5-25-6-4-12/h1-2,7-10,12,23-24H,3-6,11,21H2/t20-/m0/s1. The van der Waals surface area contributed by atoms with Gasteiger partial charge in [0.25, 0.3) is 0 Å². The zero-order valence-corrected chi connectivity index (χ0v) is 14.4. The molecule has 0 saturated carbocycles. The Balaban J connectivity index is 1.68. The third-order valence-electron chi connectivity index (χ3n) is 5.67. The Labute approximate surface area is 151 Å². The Hall–Kier alpha value is -2.73. The van der Waals surface area contributed by atoms with Gasteiger partial charge in [-0.1, -0.05) is 0 Å². The molecule has 0 unspecified atom stereocenters. The van der Waals surface area contributed by atoms with Crippen LogP contribution in [0.4, 0.5) is 0 Å². The lowest BCUT2D eigenvalue weighted by molar-refractivity contribution is 0.0852. The van der Waals surface area contributed by atoms with Gasteiger partial charge in [0.15, 0.2) is 0 Å². The molecule has 1 fully saturated rings. The van der Waals surface area contributed by atoms with Crippen molar-refractivity contribution in [3.63, 3.8) is 0 Å². The summed E-state index contributed by atoms with van der Waals surface area (Å²) in [4.78, 5) is 4.64. The SMILES string of the molecule is NC1=C[C@]2(CN1)c1cc(O)ccc1Oc1ncc(C3CCOCC3)cc12. The highest BCUT2D eigenvalue weighted by Crippen LogP contribution is 2.51. The van der Waals surface area contributed by atoms with Crippen LogP contribution in [0.15, 0.2) is 42.4 Å². The highest BCUT2D eigenvalue weighted by atomic mass is 16.5. The largest absolute Gasteiger partial charge is 0.508 e. The maximum Gasteiger partial charge on any atom is 0.223 e. The third kappa shape index (κ3) is 2.25. The second-order valence-electron chi connectivity index (χ2n) is 7.22. The summed E-state index contributed by atoms with van der Waals surface area (Å²) in [7, 11) is 0. The molecule has 1 aromatic carbocycles. The number of fused-ring (bicyclic) bond motifs is 4. The van der Waals surface area contributed by atoms with Crippen molar-refractivity contribution in [2.45, 2.75) is 24.2 Å². The molecule has 4 N–H and O–H groups in total. The third-order valence-corrected chi connectivity index (χ3v) is 5.67. The number of hydrogen-bond acceptors (Lipinski definition) is 6. The van der Waals surface area contributed by atoms with Crippen LogP contribution in [0.25, 0.3) is 0 Å². The maximum absolute atomic E-state index is 10.0. The molecule has 6 nitrogen and oxygen atoms in total. The first-order chi connectivity index (χ1) is 12.7. The smallest absolute Gasteiger partial charge is 0.223 e. The van der Waals surface area contributed by atoms with Gasteiger partial charge in [-0.25, -0.2) is 4.98 Å². The van der Waals surface area contributed by atoms with E-state index in [1.807, 2.05) is 12.3 Å². The van der Waals surface area contributed by atoms with Crippen molar-refractivity contribution in [2.75, 3.05) is 19.8 Å². The molecule has 5 rings (SSSR count). The monoisotopic (exact) mass is 351 g/mol. The van der Waals surface area contributed by atoms with Crippen molar-refractivity contribution in [2.24, 2.45) is 5.73 Å². The topological polar surface area (TPSA) is 89.6 Å². The molecule has 0 radical (unpaired) electrons. The number of ether oxygens (including phenoxy) is 2. The lowest BCUT2D eigenvalue weighted by Crippen LogP contribution is -2.35. The maximum atomic E-state index is 10.0. The van der Waals surface area contributed by atoms with Gasteiger partial charge in [-0.2, -0.15) is 0 Å². The van der Waals surface area contributed by atoms with Gasteiger partial charge in [0, 0.05) is 37.1 Å². The lowest BCUT2D eigenvalue weighted by atomic mass is 9.73. The van der Waals surface area contributed by atoms with Crippen LogP contribution in [0.1, 0.15) is 35.4 Å². The van der Waals surface area contributed by atoms with Crippen LogP contribution >= 0.6 is 0 Å². The van der Waals surface area contributed by atoms with Gasteiger partial charge in [-0.15, -0.1) is 0 Å². The zero-order chi connectivity index (χ0) is 17.7. The molecule has 26 heavy (non-hydrogen) atoms. The summed E-state index contributed by atoms with van der Waals surface area (Å²) in [5, 5.41) is 13.3. The van der Waals surface area contributed by atoms with E-state index in [9.17, 15) is 5.11 Å². The van der Waals surface area contributed by atoms with Gasteiger partial charge in [-0.05, 0) is 54.7 Å². The summed E-state index contributed by atoms with van der Waals surface area (Å²) in [5.74, 6) is 2.59. The van der Waals surface area contributed by atoms with E-state index < -0.39 is 5.41 Å². The van der Waals surface area contributed by atoms with E-state index in [-0.39, 0.29) is 5.75 Å². The number of hydrogen-bond donors (Lipinski definition) is 3. The highest BCUT2D eigenvalue weighted by Gasteiger charge is 2.45. The van der Waals surface area contributed by atoms with Crippen molar-refractivity contribution < 1.29 is 14.6 Å². The molecular formula is C20H21N3O3. The van der Waals surface area contributed by atoms with E-state index in [2.05, 4.69) is 16.4 Å². The molecule has 3 aliphatic rings. The lowest BCUT2D eigenvalue weighted by Gasteiger charge is -2.35. The van der Waals surface area contributed by atoms with Crippen LogP contribution in [0, 0.1) is 0 Å². The van der Waals surface area contributed by atoms with Crippen LogP contribution in [0.3, 0.4) is 0 Å². The van der Waals surface area contributed by atoms with Gasteiger partial charge in [0.2, 0.25) is 5.88 Å². The summed E-state index contributed by atoms with van der Waals surface area (Å²) >= 11 is 0. The number of aromatic nitrogens is 1. The minimum absolute atomic E-state index is 0.211. The van der Waals surface area contributed by atoms with Gasteiger partial charge in [0.1, 0.15) is 11.5 Å². The van der Waals surface area contributed by atoms with Crippen molar-refractivity contribution in [3.05, 3.63) is 59.0 Å². The number of rotatable bonds is 1. The highest BCUT2D eigenvalue weighted by molar-refractivity contribution is 5.62. The normalized spacial score (nSPS) is 24.4. The molecular weight excluding hydrogens is 330 g/mol. The molecule has 1 saturated heterocycles. The molecule has 0 amide bonds. The molecule has 3 aliphatic heterocycles. The first kappa shape index (κ1) is 15.5. The Morgan fingerprint density at radius 3 is 2.81 bits per heavy atom. The van der Waals surface area contributed by atoms with Crippen molar-refractivity contribution in [3.8, 4) is 17.4 Å². The van der Waals surface area contributed by atoms with Crippen molar-refractivity contribution in [1.82, 2.24) is 10.3 Å². The van der Waals surface area contributed by atoms with E-state index >= 15 is 0 Å². The fraction of sp³-hybridized carbons (Fsp3) is 0.350. The Morgan fingerprint density at radius 1 is 1.19 bits per heavy atom. The fourth-order valence-corrected chi connectivity index (χ4v) is 4.28. The number of nitrogens with zero attached hydrogens (tertiary/aromatic N) is 1.